The molecule has 0 aliphatic carbocycles. The molecule has 4 rings (SSSR count). The SMILES string of the molecule is COc1ccc(-c2nc3cc(C(F)(F)F)ccc3n3ccnc23)cc1. The molecule has 0 atom stereocenters. The molecule has 2 aromatic heterocycles. The number of ether oxygens (including phenoxy) is 1. The van der Waals surface area contributed by atoms with Crippen LogP contribution in [0.1, 0.15) is 5.56 Å². The first kappa shape index (κ1) is 15.4. The zero-order valence-electron chi connectivity index (χ0n) is 13.1. The number of aromatic nitrogens is 3. The second-order valence-electron chi connectivity index (χ2n) is 5.51. The number of methoxy groups -OCH3 is 1. The lowest BCUT2D eigenvalue weighted by atomic mass is 10.1. The van der Waals surface area contributed by atoms with Crippen molar-refractivity contribution < 1.29 is 17.9 Å². The highest BCUT2D eigenvalue weighted by Crippen LogP contribution is 2.33. The number of nitrogens with zero attached hydrogens (tertiary/aromatic N) is 3. The van der Waals surface area contributed by atoms with Gasteiger partial charge >= 0.3 is 6.18 Å². The number of halogens is 3. The Morgan fingerprint density at radius 1 is 1.04 bits per heavy atom. The minimum absolute atomic E-state index is 0.256. The number of rotatable bonds is 2. The molecule has 0 bridgehead atoms. The first-order valence-corrected chi connectivity index (χ1v) is 7.46. The van der Waals surface area contributed by atoms with Crippen LogP contribution in [0.5, 0.6) is 5.75 Å². The van der Waals surface area contributed by atoms with Crippen LogP contribution < -0.4 is 4.74 Å². The number of imidazole rings is 1. The van der Waals surface area contributed by atoms with Crippen molar-refractivity contribution >= 4 is 16.7 Å². The third kappa shape index (κ3) is 2.57. The summed E-state index contributed by atoms with van der Waals surface area (Å²) in [6.07, 6.45) is -1.11. The highest BCUT2D eigenvalue weighted by atomic mass is 19.4. The Balaban J connectivity index is 1.99. The van der Waals surface area contributed by atoms with E-state index in [1.54, 1.807) is 48.2 Å². The summed E-state index contributed by atoms with van der Waals surface area (Å²) >= 11 is 0. The van der Waals surface area contributed by atoms with Crippen LogP contribution in [0, 0.1) is 0 Å². The van der Waals surface area contributed by atoms with Crippen LogP contribution in [0.4, 0.5) is 13.2 Å². The van der Waals surface area contributed by atoms with Gasteiger partial charge in [-0.3, -0.25) is 4.40 Å². The standard InChI is InChI=1S/C18H12F3N3O/c1-25-13-5-2-11(3-6-13)16-17-22-8-9-24(17)15-7-4-12(18(19,20)21)10-14(15)23-16/h2-10H,1H3. The number of fused-ring (bicyclic) bond motifs is 3. The maximum atomic E-state index is 13.0. The predicted molar refractivity (Wildman–Crippen MR) is 87.5 cm³/mol. The topological polar surface area (TPSA) is 39.4 Å². The normalized spacial score (nSPS) is 12.0. The molecule has 2 aromatic carbocycles. The number of hydrogen-bond acceptors (Lipinski definition) is 3. The van der Waals surface area contributed by atoms with E-state index in [-0.39, 0.29) is 5.52 Å². The molecule has 4 nitrogen and oxygen atoms in total. The summed E-state index contributed by atoms with van der Waals surface area (Å²) in [6.45, 7) is 0. The molecular formula is C18H12F3N3O. The maximum absolute atomic E-state index is 13.0. The lowest BCUT2D eigenvalue weighted by molar-refractivity contribution is -0.137. The number of benzene rings is 2. The summed E-state index contributed by atoms with van der Waals surface area (Å²) in [5, 5.41) is 0. The molecule has 7 heteroatoms. The molecule has 0 aliphatic rings. The summed E-state index contributed by atoms with van der Waals surface area (Å²) in [5.74, 6) is 0.684. The predicted octanol–water partition coefficient (Wildman–Crippen LogP) is 4.58. The molecule has 2 heterocycles. The molecule has 126 valence electrons. The molecule has 0 unspecified atom stereocenters. The van der Waals surface area contributed by atoms with E-state index in [2.05, 4.69) is 9.97 Å². The third-order valence-electron chi connectivity index (χ3n) is 4.01. The van der Waals surface area contributed by atoms with Gasteiger partial charge in [0, 0.05) is 18.0 Å². The molecule has 0 fully saturated rings. The summed E-state index contributed by atoms with van der Waals surface area (Å²) < 4.78 is 45.9. The quantitative estimate of drug-likeness (QED) is 0.535. The summed E-state index contributed by atoms with van der Waals surface area (Å²) in [5.41, 5.74) is 1.93. The van der Waals surface area contributed by atoms with E-state index in [1.165, 1.54) is 6.07 Å². The van der Waals surface area contributed by atoms with Gasteiger partial charge in [0.05, 0.1) is 23.7 Å². The molecule has 0 spiro atoms. The molecule has 0 saturated carbocycles. The second kappa shape index (κ2) is 5.47. The second-order valence-corrected chi connectivity index (χ2v) is 5.51. The molecule has 0 radical (unpaired) electrons. The van der Waals surface area contributed by atoms with E-state index in [9.17, 15) is 13.2 Å². The zero-order chi connectivity index (χ0) is 17.6. The summed E-state index contributed by atoms with van der Waals surface area (Å²) in [6, 6.07) is 10.7. The van der Waals surface area contributed by atoms with Gasteiger partial charge in [0.1, 0.15) is 11.4 Å². The first-order chi connectivity index (χ1) is 12.0. The fourth-order valence-electron chi connectivity index (χ4n) is 2.78. The van der Waals surface area contributed by atoms with E-state index in [4.69, 9.17) is 4.74 Å². The minimum Gasteiger partial charge on any atom is -0.497 e. The van der Waals surface area contributed by atoms with Crippen molar-refractivity contribution in [1.29, 1.82) is 0 Å². The van der Waals surface area contributed by atoms with Gasteiger partial charge in [-0.2, -0.15) is 13.2 Å². The molecule has 0 aliphatic heterocycles. The monoisotopic (exact) mass is 343 g/mol. The molecular weight excluding hydrogens is 331 g/mol. The van der Waals surface area contributed by atoms with E-state index in [1.807, 2.05) is 0 Å². The van der Waals surface area contributed by atoms with Gasteiger partial charge in [0.25, 0.3) is 0 Å². The van der Waals surface area contributed by atoms with Gasteiger partial charge in [0.2, 0.25) is 0 Å². The van der Waals surface area contributed by atoms with Crippen molar-refractivity contribution in [2.75, 3.05) is 7.11 Å². The molecule has 0 saturated heterocycles. The Morgan fingerprint density at radius 3 is 2.48 bits per heavy atom. The van der Waals surface area contributed by atoms with Crippen LogP contribution in [0.3, 0.4) is 0 Å². The molecule has 0 amide bonds. The Bertz CT molecular complexity index is 1070. The molecule has 25 heavy (non-hydrogen) atoms. The number of hydrogen-bond donors (Lipinski definition) is 0. The fraction of sp³-hybridized carbons (Fsp3) is 0.111. The third-order valence-corrected chi connectivity index (χ3v) is 4.01. The van der Waals surface area contributed by atoms with Crippen molar-refractivity contribution in [1.82, 2.24) is 14.4 Å². The fourth-order valence-corrected chi connectivity index (χ4v) is 2.78. The minimum atomic E-state index is -4.42. The van der Waals surface area contributed by atoms with Gasteiger partial charge in [-0.25, -0.2) is 9.97 Å². The van der Waals surface area contributed by atoms with Crippen molar-refractivity contribution in [3.63, 3.8) is 0 Å². The Hall–Kier alpha value is -3.09. The van der Waals surface area contributed by atoms with E-state index in [0.29, 0.717) is 22.6 Å². The van der Waals surface area contributed by atoms with Gasteiger partial charge in [0.15, 0.2) is 5.65 Å². The Labute approximate surface area is 140 Å². The van der Waals surface area contributed by atoms with Crippen LogP contribution in [0.15, 0.2) is 54.9 Å². The highest BCUT2D eigenvalue weighted by molar-refractivity contribution is 5.86. The van der Waals surface area contributed by atoms with Crippen molar-refractivity contribution in [3.05, 3.63) is 60.4 Å². The van der Waals surface area contributed by atoms with E-state index >= 15 is 0 Å². The Kier molecular flexibility index (Phi) is 3.38. The molecule has 4 aromatic rings. The average Bonchev–Trinajstić information content (AvgIpc) is 3.10. The highest BCUT2D eigenvalue weighted by Gasteiger charge is 2.31. The van der Waals surface area contributed by atoms with Crippen LogP contribution in [0.25, 0.3) is 27.9 Å². The van der Waals surface area contributed by atoms with Crippen LogP contribution in [0.2, 0.25) is 0 Å². The van der Waals surface area contributed by atoms with Gasteiger partial charge in [-0.1, -0.05) is 0 Å². The zero-order valence-corrected chi connectivity index (χ0v) is 13.1. The number of alkyl halides is 3. The summed E-state index contributed by atoms with van der Waals surface area (Å²) in [7, 11) is 1.56. The average molecular weight is 343 g/mol. The van der Waals surface area contributed by atoms with Crippen LogP contribution in [-0.2, 0) is 6.18 Å². The van der Waals surface area contributed by atoms with Gasteiger partial charge in [-0.15, -0.1) is 0 Å². The van der Waals surface area contributed by atoms with E-state index in [0.717, 1.165) is 17.7 Å². The van der Waals surface area contributed by atoms with Crippen molar-refractivity contribution in [3.8, 4) is 17.0 Å². The van der Waals surface area contributed by atoms with E-state index < -0.39 is 11.7 Å². The molecule has 0 N–H and O–H groups in total. The van der Waals surface area contributed by atoms with Crippen LogP contribution >= 0.6 is 0 Å². The van der Waals surface area contributed by atoms with Gasteiger partial charge < -0.3 is 4.74 Å². The smallest absolute Gasteiger partial charge is 0.416 e. The largest absolute Gasteiger partial charge is 0.497 e. The van der Waals surface area contributed by atoms with Gasteiger partial charge in [-0.05, 0) is 42.5 Å². The maximum Gasteiger partial charge on any atom is 0.416 e. The van der Waals surface area contributed by atoms with Crippen molar-refractivity contribution in [2.24, 2.45) is 0 Å². The lowest BCUT2D eigenvalue weighted by Crippen LogP contribution is -2.05. The van der Waals surface area contributed by atoms with Crippen LogP contribution in [-0.4, -0.2) is 21.5 Å². The lowest BCUT2D eigenvalue weighted by Gasteiger charge is -2.11. The Morgan fingerprint density at radius 2 is 1.80 bits per heavy atom. The van der Waals surface area contributed by atoms with Crippen molar-refractivity contribution in [2.45, 2.75) is 6.18 Å². The summed E-state index contributed by atoms with van der Waals surface area (Å²) in [4.78, 5) is 8.76. The first-order valence-electron chi connectivity index (χ1n) is 7.46.